The van der Waals surface area contributed by atoms with Gasteiger partial charge in [0.05, 0.1) is 0 Å². The Balaban J connectivity index is 2.00. The van der Waals surface area contributed by atoms with Gasteiger partial charge in [-0.25, -0.2) is 0 Å². The molecule has 1 fully saturated rings. The average molecular weight is 282 g/mol. The minimum atomic E-state index is -0.0444. The molecule has 1 aromatic carbocycles. The summed E-state index contributed by atoms with van der Waals surface area (Å²) in [6.45, 7) is 0.486. The predicted octanol–water partition coefficient (Wildman–Crippen LogP) is 2.14. The Morgan fingerprint density at radius 1 is 1.12 bits per heavy atom. The summed E-state index contributed by atoms with van der Waals surface area (Å²) in [6.07, 6.45) is 1.45. The summed E-state index contributed by atoms with van der Waals surface area (Å²) in [7, 11) is 0. The van der Waals surface area contributed by atoms with E-state index in [1.54, 1.807) is 0 Å². The molecule has 0 aromatic heterocycles. The van der Waals surface area contributed by atoms with E-state index in [0.29, 0.717) is 25.8 Å². The number of benzene rings is 1. The van der Waals surface area contributed by atoms with E-state index in [1.165, 1.54) is 4.90 Å². The highest BCUT2D eigenvalue weighted by molar-refractivity contribution is 9.10. The van der Waals surface area contributed by atoms with E-state index in [2.05, 4.69) is 15.9 Å². The van der Waals surface area contributed by atoms with Crippen LogP contribution in [-0.2, 0) is 16.0 Å². The molecule has 2 rings (SSSR count). The zero-order chi connectivity index (χ0) is 11.5. The van der Waals surface area contributed by atoms with Crippen molar-refractivity contribution >= 4 is 27.7 Å². The van der Waals surface area contributed by atoms with Crippen molar-refractivity contribution in [1.29, 1.82) is 0 Å². The van der Waals surface area contributed by atoms with Gasteiger partial charge < -0.3 is 0 Å². The molecule has 84 valence electrons. The van der Waals surface area contributed by atoms with Crippen molar-refractivity contribution in [3.05, 3.63) is 34.3 Å². The molecule has 1 aliphatic heterocycles. The molecule has 1 saturated heterocycles. The van der Waals surface area contributed by atoms with Crippen molar-refractivity contribution in [3.8, 4) is 0 Å². The summed E-state index contributed by atoms with van der Waals surface area (Å²) in [4.78, 5) is 24.1. The van der Waals surface area contributed by atoms with Gasteiger partial charge in [-0.05, 0) is 18.1 Å². The van der Waals surface area contributed by atoms with Gasteiger partial charge in [-0.3, -0.25) is 14.5 Å². The second kappa shape index (κ2) is 4.78. The fraction of sp³-hybridized carbons (Fsp3) is 0.333. The summed E-state index contributed by atoms with van der Waals surface area (Å²) in [5, 5.41) is 0. The number of imide groups is 1. The van der Waals surface area contributed by atoms with Crippen LogP contribution >= 0.6 is 15.9 Å². The van der Waals surface area contributed by atoms with E-state index in [-0.39, 0.29) is 11.8 Å². The van der Waals surface area contributed by atoms with Gasteiger partial charge in [-0.15, -0.1) is 0 Å². The topological polar surface area (TPSA) is 37.4 Å². The van der Waals surface area contributed by atoms with E-state index < -0.39 is 0 Å². The molecule has 3 nitrogen and oxygen atoms in total. The van der Waals surface area contributed by atoms with Crippen LogP contribution in [0.15, 0.2) is 28.7 Å². The summed E-state index contributed by atoms with van der Waals surface area (Å²) < 4.78 is 1.02. The summed E-state index contributed by atoms with van der Waals surface area (Å²) in [5.74, 6) is -0.0888. The fourth-order valence-electron chi connectivity index (χ4n) is 1.81. The number of amides is 2. The van der Waals surface area contributed by atoms with Crippen LogP contribution in [0.2, 0.25) is 0 Å². The monoisotopic (exact) mass is 281 g/mol. The Morgan fingerprint density at radius 2 is 1.75 bits per heavy atom. The zero-order valence-corrected chi connectivity index (χ0v) is 10.4. The molecule has 1 aliphatic rings. The maximum absolute atomic E-state index is 11.4. The van der Waals surface area contributed by atoms with Crippen LogP contribution in [-0.4, -0.2) is 23.3 Å². The number of rotatable bonds is 3. The van der Waals surface area contributed by atoms with Crippen LogP contribution in [0.3, 0.4) is 0 Å². The highest BCUT2D eigenvalue weighted by Crippen LogP contribution is 2.18. The van der Waals surface area contributed by atoms with E-state index in [9.17, 15) is 9.59 Å². The van der Waals surface area contributed by atoms with Crippen LogP contribution in [0.4, 0.5) is 0 Å². The summed E-state index contributed by atoms with van der Waals surface area (Å²) >= 11 is 3.45. The second-order valence-corrected chi connectivity index (χ2v) is 4.63. The molecule has 4 heteroatoms. The fourth-order valence-corrected chi connectivity index (χ4v) is 2.29. The molecule has 0 radical (unpaired) electrons. The van der Waals surface area contributed by atoms with Crippen molar-refractivity contribution in [3.63, 3.8) is 0 Å². The third-order valence-corrected chi connectivity index (χ3v) is 3.49. The number of halogens is 1. The molecular weight excluding hydrogens is 270 g/mol. The quantitative estimate of drug-likeness (QED) is 0.796. The molecule has 0 N–H and O–H groups in total. The maximum atomic E-state index is 11.4. The number of hydrogen-bond acceptors (Lipinski definition) is 2. The molecular formula is C12H12BrNO2. The van der Waals surface area contributed by atoms with Crippen molar-refractivity contribution in [2.24, 2.45) is 0 Å². The molecule has 0 atom stereocenters. The first kappa shape index (κ1) is 11.3. The number of carbonyl (C=O) groups excluding carboxylic acids is 2. The molecule has 0 saturated carbocycles. The molecule has 2 amide bonds. The van der Waals surface area contributed by atoms with E-state index in [0.717, 1.165) is 10.0 Å². The molecule has 1 heterocycles. The Labute approximate surface area is 103 Å². The molecule has 0 bridgehead atoms. The van der Waals surface area contributed by atoms with Crippen LogP contribution < -0.4 is 0 Å². The van der Waals surface area contributed by atoms with Gasteiger partial charge in [-0.1, -0.05) is 34.1 Å². The number of nitrogens with zero attached hydrogens (tertiary/aromatic N) is 1. The van der Waals surface area contributed by atoms with Gasteiger partial charge in [0, 0.05) is 23.9 Å². The van der Waals surface area contributed by atoms with Gasteiger partial charge in [0.25, 0.3) is 0 Å². The Hall–Kier alpha value is -1.16. The Kier molecular flexibility index (Phi) is 3.39. The lowest BCUT2D eigenvalue weighted by molar-refractivity contribution is -0.138. The standard InChI is InChI=1S/C12H12BrNO2/c13-10-4-2-1-3-9(10)7-8-14-11(15)5-6-12(14)16/h1-4H,5-8H2. The van der Waals surface area contributed by atoms with Crippen LogP contribution in [0.5, 0.6) is 0 Å². The first-order chi connectivity index (χ1) is 7.68. The van der Waals surface area contributed by atoms with Gasteiger partial charge in [0.15, 0.2) is 0 Å². The van der Waals surface area contributed by atoms with E-state index >= 15 is 0 Å². The number of carbonyl (C=O) groups is 2. The minimum Gasteiger partial charge on any atom is -0.282 e. The van der Waals surface area contributed by atoms with Gasteiger partial charge in [0.1, 0.15) is 0 Å². The second-order valence-electron chi connectivity index (χ2n) is 3.78. The molecule has 0 spiro atoms. The third kappa shape index (κ3) is 2.32. The predicted molar refractivity (Wildman–Crippen MR) is 63.8 cm³/mol. The van der Waals surface area contributed by atoms with Crippen molar-refractivity contribution in [1.82, 2.24) is 4.90 Å². The molecule has 0 unspecified atom stereocenters. The third-order valence-electron chi connectivity index (χ3n) is 2.72. The van der Waals surface area contributed by atoms with E-state index in [4.69, 9.17) is 0 Å². The number of hydrogen-bond donors (Lipinski definition) is 0. The van der Waals surface area contributed by atoms with Crippen LogP contribution in [0, 0.1) is 0 Å². The lowest BCUT2D eigenvalue weighted by Gasteiger charge is -2.13. The highest BCUT2D eigenvalue weighted by atomic mass is 79.9. The SMILES string of the molecule is O=C1CCC(=O)N1CCc1ccccc1Br. The lowest BCUT2D eigenvalue weighted by atomic mass is 10.1. The minimum absolute atomic E-state index is 0.0444. The first-order valence-electron chi connectivity index (χ1n) is 5.25. The largest absolute Gasteiger partial charge is 0.282 e. The molecule has 1 aromatic rings. The van der Waals surface area contributed by atoms with Gasteiger partial charge >= 0.3 is 0 Å². The maximum Gasteiger partial charge on any atom is 0.229 e. The molecule has 16 heavy (non-hydrogen) atoms. The normalized spacial score (nSPS) is 15.9. The van der Waals surface area contributed by atoms with Gasteiger partial charge in [-0.2, -0.15) is 0 Å². The highest BCUT2D eigenvalue weighted by Gasteiger charge is 2.28. The Morgan fingerprint density at radius 3 is 2.38 bits per heavy atom. The summed E-state index contributed by atoms with van der Waals surface area (Å²) in [6, 6.07) is 7.85. The van der Waals surface area contributed by atoms with E-state index in [1.807, 2.05) is 24.3 Å². The van der Waals surface area contributed by atoms with Gasteiger partial charge in [0.2, 0.25) is 11.8 Å². The van der Waals surface area contributed by atoms with Crippen molar-refractivity contribution in [2.45, 2.75) is 19.3 Å². The average Bonchev–Trinajstić information content (AvgIpc) is 2.58. The smallest absolute Gasteiger partial charge is 0.229 e. The van der Waals surface area contributed by atoms with Crippen LogP contribution in [0.1, 0.15) is 18.4 Å². The summed E-state index contributed by atoms with van der Waals surface area (Å²) in [5.41, 5.74) is 1.12. The number of likely N-dealkylation sites (tertiary alicyclic amines) is 1. The molecule has 0 aliphatic carbocycles. The first-order valence-corrected chi connectivity index (χ1v) is 6.04. The van der Waals surface area contributed by atoms with Crippen LogP contribution in [0.25, 0.3) is 0 Å². The lowest BCUT2D eigenvalue weighted by Crippen LogP contribution is -2.31. The zero-order valence-electron chi connectivity index (χ0n) is 8.78. The van der Waals surface area contributed by atoms with Crippen molar-refractivity contribution < 1.29 is 9.59 Å². The Bertz CT molecular complexity index is 415. The van der Waals surface area contributed by atoms with Crippen molar-refractivity contribution in [2.75, 3.05) is 6.54 Å².